The number of aryl methyl sites for hydroxylation is 1. The van der Waals surface area contributed by atoms with Crippen LogP contribution in [0.1, 0.15) is 18.4 Å². The van der Waals surface area contributed by atoms with Crippen LogP contribution in [0, 0.1) is 6.92 Å². The number of amides is 1. The topological polar surface area (TPSA) is 64.0 Å². The van der Waals surface area contributed by atoms with Crippen LogP contribution in [0.25, 0.3) is 0 Å². The number of quaternary nitrogens is 2. The molecule has 0 radical (unpaired) electrons. The average molecular weight is 399 g/mol. The molecule has 3 rings (SSSR count). The summed E-state index contributed by atoms with van der Waals surface area (Å²) >= 11 is 12.1. The van der Waals surface area contributed by atoms with Crippen LogP contribution in [0.4, 0.5) is 5.69 Å². The van der Waals surface area contributed by atoms with Crippen LogP contribution in [0.3, 0.4) is 0 Å². The molecule has 1 atom stereocenters. The number of carbonyl (C=O) groups is 1. The summed E-state index contributed by atoms with van der Waals surface area (Å²) in [6.45, 7) is 8.58. The van der Waals surface area contributed by atoms with E-state index in [0.29, 0.717) is 15.7 Å². The number of anilines is 1. The van der Waals surface area contributed by atoms with Gasteiger partial charge >= 0.3 is 0 Å². The Bertz CT molecular complexity index is 772. The monoisotopic (exact) mass is 398 g/mol. The number of hydrogen-bond donors (Lipinski definition) is 3. The molecule has 8 heteroatoms. The molecule has 1 aromatic carbocycles. The van der Waals surface area contributed by atoms with Gasteiger partial charge in [-0.25, -0.2) is 0 Å². The highest BCUT2D eigenvalue weighted by Crippen LogP contribution is 2.25. The highest BCUT2D eigenvalue weighted by molar-refractivity contribution is 6.35. The van der Waals surface area contributed by atoms with E-state index in [2.05, 4.69) is 10.5 Å². The molecule has 1 saturated heterocycles. The summed E-state index contributed by atoms with van der Waals surface area (Å²) in [6.07, 6.45) is 0. The first-order valence-electron chi connectivity index (χ1n) is 8.78. The molecule has 1 amide bonds. The van der Waals surface area contributed by atoms with Gasteiger partial charge in [0.2, 0.25) is 0 Å². The maximum Gasteiger partial charge on any atom is 0.282 e. The van der Waals surface area contributed by atoms with Gasteiger partial charge in [-0.05, 0) is 32.0 Å². The molecule has 1 aromatic heterocycles. The number of rotatable bonds is 5. The Labute approximate surface area is 163 Å². The average Bonchev–Trinajstić information content (AvgIpc) is 3.03. The molecule has 0 unspecified atom stereocenters. The fraction of sp³-hybridized carbons (Fsp3) is 0.444. The van der Waals surface area contributed by atoms with Crippen LogP contribution >= 0.6 is 23.2 Å². The van der Waals surface area contributed by atoms with Gasteiger partial charge in [-0.3, -0.25) is 4.79 Å². The van der Waals surface area contributed by atoms with E-state index in [9.17, 15) is 4.79 Å². The summed E-state index contributed by atoms with van der Waals surface area (Å²) < 4.78 is 5.13. The first kappa shape index (κ1) is 19.2. The summed E-state index contributed by atoms with van der Waals surface area (Å²) in [6, 6.07) is 6.89. The lowest BCUT2D eigenvalue weighted by atomic mass is 10.2. The Morgan fingerprint density at radius 1 is 1.27 bits per heavy atom. The van der Waals surface area contributed by atoms with Crippen LogP contribution in [0.5, 0.6) is 0 Å². The second kappa shape index (κ2) is 8.39. The predicted molar refractivity (Wildman–Crippen MR) is 101 cm³/mol. The van der Waals surface area contributed by atoms with Crippen molar-refractivity contribution in [1.82, 2.24) is 5.16 Å². The summed E-state index contributed by atoms with van der Waals surface area (Å²) in [7, 11) is 0. The molecular weight excluding hydrogens is 375 g/mol. The molecule has 0 bridgehead atoms. The van der Waals surface area contributed by atoms with Crippen LogP contribution in [0.15, 0.2) is 28.8 Å². The first-order chi connectivity index (χ1) is 12.4. The third kappa shape index (κ3) is 4.76. The number of nitrogens with zero attached hydrogens (tertiary/aromatic N) is 1. The van der Waals surface area contributed by atoms with Gasteiger partial charge in [0.25, 0.3) is 5.91 Å². The van der Waals surface area contributed by atoms with E-state index in [1.165, 1.54) is 9.80 Å². The normalized spacial score (nSPS) is 21.4. The minimum atomic E-state index is -0.152. The molecule has 0 saturated carbocycles. The van der Waals surface area contributed by atoms with E-state index in [1.54, 1.807) is 18.2 Å². The van der Waals surface area contributed by atoms with Crippen molar-refractivity contribution in [2.75, 3.05) is 31.5 Å². The zero-order chi connectivity index (χ0) is 18.7. The van der Waals surface area contributed by atoms with Crippen molar-refractivity contribution in [3.8, 4) is 0 Å². The molecule has 0 spiro atoms. The van der Waals surface area contributed by atoms with Crippen molar-refractivity contribution >= 4 is 34.8 Å². The van der Waals surface area contributed by atoms with Crippen LogP contribution < -0.4 is 15.1 Å². The Balaban J connectivity index is 1.51. The fourth-order valence-corrected chi connectivity index (χ4v) is 3.65. The lowest BCUT2D eigenvalue weighted by Crippen LogP contribution is -3.29. The van der Waals surface area contributed by atoms with E-state index in [0.717, 1.165) is 44.2 Å². The second-order valence-corrected chi connectivity index (χ2v) is 7.69. The van der Waals surface area contributed by atoms with Crippen molar-refractivity contribution < 1.29 is 19.1 Å². The lowest BCUT2D eigenvalue weighted by molar-refractivity contribution is -1.02. The largest absolute Gasteiger partial charge is 0.361 e. The minimum Gasteiger partial charge on any atom is -0.361 e. The molecular formula is C18H24Cl2N4O2+2. The lowest BCUT2D eigenvalue weighted by Gasteiger charge is -2.32. The minimum absolute atomic E-state index is 0.0419. The molecule has 1 aliphatic heterocycles. The molecule has 2 aromatic rings. The van der Waals surface area contributed by atoms with Gasteiger partial charge < -0.3 is 19.6 Å². The Morgan fingerprint density at radius 2 is 2.00 bits per heavy atom. The predicted octanol–water partition coefficient (Wildman–Crippen LogP) is 0.600. The Kier molecular flexibility index (Phi) is 6.19. The number of halogens is 2. The van der Waals surface area contributed by atoms with Crippen molar-refractivity contribution in [2.45, 2.75) is 26.4 Å². The molecule has 3 N–H and O–H groups in total. The van der Waals surface area contributed by atoms with Gasteiger partial charge in [0.05, 0.1) is 10.7 Å². The van der Waals surface area contributed by atoms with Crippen molar-refractivity contribution in [3.05, 3.63) is 45.8 Å². The molecule has 140 valence electrons. The van der Waals surface area contributed by atoms with E-state index < -0.39 is 0 Å². The highest BCUT2D eigenvalue weighted by Gasteiger charge is 2.31. The maximum absolute atomic E-state index is 12.6. The molecule has 26 heavy (non-hydrogen) atoms. The standard InChI is InChI=1S/C18H22Cl2N4O2/c1-12-9-15(22-26-12)11-23-5-7-24(8-6-23)13(2)18(25)21-17-10-14(19)3-4-16(17)20/h3-4,9-10,13H,5-8,11H2,1-2H3,(H,21,25)/p+2/t13-/m0/s1. The van der Waals surface area contributed by atoms with E-state index in [4.69, 9.17) is 27.7 Å². The Hall–Kier alpha value is -1.60. The van der Waals surface area contributed by atoms with Crippen molar-refractivity contribution in [3.63, 3.8) is 0 Å². The smallest absolute Gasteiger partial charge is 0.282 e. The molecule has 0 aliphatic carbocycles. The first-order valence-corrected chi connectivity index (χ1v) is 9.54. The number of hydrogen-bond acceptors (Lipinski definition) is 3. The van der Waals surface area contributed by atoms with Gasteiger partial charge in [0.1, 0.15) is 44.2 Å². The number of aromatic nitrogens is 1. The van der Waals surface area contributed by atoms with Crippen molar-refractivity contribution in [2.24, 2.45) is 0 Å². The summed E-state index contributed by atoms with van der Waals surface area (Å²) in [5, 5.41) is 8.00. The Morgan fingerprint density at radius 3 is 2.65 bits per heavy atom. The van der Waals surface area contributed by atoms with Gasteiger partial charge in [-0.2, -0.15) is 0 Å². The number of benzene rings is 1. The summed E-state index contributed by atoms with van der Waals surface area (Å²) in [4.78, 5) is 15.3. The second-order valence-electron chi connectivity index (χ2n) is 6.85. The summed E-state index contributed by atoms with van der Waals surface area (Å²) in [5.41, 5.74) is 1.54. The van der Waals surface area contributed by atoms with E-state index in [1.807, 2.05) is 19.9 Å². The highest BCUT2D eigenvalue weighted by atomic mass is 35.5. The third-order valence-corrected chi connectivity index (χ3v) is 5.46. The van der Waals surface area contributed by atoms with Crippen LogP contribution in [-0.2, 0) is 11.3 Å². The third-order valence-electron chi connectivity index (χ3n) is 4.90. The van der Waals surface area contributed by atoms with Gasteiger partial charge in [0.15, 0.2) is 6.04 Å². The quantitative estimate of drug-likeness (QED) is 0.690. The van der Waals surface area contributed by atoms with Gasteiger partial charge in [-0.15, -0.1) is 0 Å². The van der Waals surface area contributed by atoms with Crippen molar-refractivity contribution in [1.29, 1.82) is 0 Å². The summed E-state index contributed by atoms with van der Waals surface area (Å²) in [5.74, 6) is 0.799. The molecule has 2 heterocycles. The van der Waals surface area contributed by atoms with Gasteiger partial charge in [-0.1, -0.05) is 28.4 Å². The van der Waals surface area contributed by atoms with Crippen LogP contribution in [-0.4, -0.2) is 43.3 Å². The fourth-order valence-electron chi connectivity index (χ4n) is 3.31. The molecule has 6 nitrogen and oxygen atoms in total. The zero-order valence-corrected chi connectivity index (χ0v) is 16.5. The SMILES string of the molecule is Cc1cc(C[NH+]2CC[NH+]([C@@H](C)C(=O)Nc3cc(Cl)ccc3Cl)CC2)no1. The number of piperazine rings is 1. The number of carbonyl (C=O) groups excluding carboxylic acids is 1. The van der Waals surface area contributed by atoms with Crippen LogP contribution in [0.2, 0.25) is 10.0 Å². The van der Waals surface area contributed by atoms with Gasteiger partial charge in [0, 0.05) is 11.1 Å². The maximum atomic E-state index is 12.6. The van der Waals surface area contributed by atoms with E-state index in [-0.39, 0.29) is 11.9 Å². The number of nitrogens with one attached hydrogen (secondary N) is 3. The van der Waals surface area contributed by atoms with E-state index >= 15 is 0 Å². The molecule has 1 fully saturated rings. The zero-order valence-electron chi connectivity index (χ0n) is 14.9. The molecule has 1 aliphatic rings.